The highest BCUT2D eigenvalue weighted by Crippen LogP contribution is 2.12. The van der Waals surface area contributed by atoms with Crippen LogP contribution in [0.25, 0.3) is 0 Å². The van der Waals surface area contributed by atoms with Crippen molar-refractivity contribution in [2.24, 2.45) is 17.4 Å². The molecule has 19 nitrogen and oxygen atoms in total. The number of hydrogen-bond acceptors (Lipinski definition) is 11. The number of carbonyl (C=O) groups is 8. The van der Waals surface area contributed by atoms with Crippen LogP contribution in [-0.2, 0) is 44.8 Å². The van der Waals surface area contributed by atoms with Crippen molar-refractivity contribution >= 4 is 47.3 Å². The van der Waals surface area contributed by atoms with Gasteiger partial charge in [0.1, 0.15) is 29.9 Å². The summed E-state index contributed by atoms with van der Waals surface area (Å²) in [4.78, 5) is 99.5. The normalized spacial score (nSPS) is 13.8. The second kappa shape index (κ2) is 20.8. The molecule has 0 saturated heterocycles. The first-order valence-corrected chi connectivity index (χ1v) is 15.3. The van der Waals surface area contributed by atoms with Crippen LogP contribution in [0.3, 0.4) is 0 Å². The van der Waals surface area contributed by atoms with E-state index >= 15 is 0 Å². The summed E-state index contributed by atoms with van der Waals surface area (Å²) in [6.45, 7) is 4.24. The Morgan fingerprint density at radius 1 is 0.755 bits per heavy atom. The first-order chi connectivity index (χ1) is 22.9. The number of carboxylic acids is 1. The molecule has 1 aromatic carbocycles. The minimum absolute atomic E-state index is 0.0772. The summed E-state index contributed by atoms with van der Waals surface area (Å²) < 4.78 is 0. The summed E-state index contributed by atoms with van der Waals surface area (Å²) in [5, 5.41) is 41.7. The van der Waals surface area contributed by atoms with Crippen molar-refractivity contribution in [1.82, 2.24) is 31.9 Å². The highest BCUT2D eigenvalue weighted by atomic mass is 16.4. The van der Waals surface area contributed by atoms with Crippen molar-refractivity contribution in [3.05, 3.63) is 29.8 Å². The number of nitrogens with one attached hydrogen (secondary N) is 6. The van der Waals surface area contributed by atoms with Crippen LogP contribution in [0.15, 0.2) is 24.3 Å². The van der Waals surface area contributed by atoms with Gasteiger partial charge in [-0.05, 0) is 37.0 Å². The summed E-state index contributed by atoms with van der Waals surface area (Å²) in [6.07, 6.45) is -1.34. The minimum atomic E-state index is -1.64. The first kappa shape index (κ1) is 41.7. The fourth-order valence-corrected chi connectivity index (χ4v) is 4.16. The van der Waals surface area contributed by atoms with Crippen molar-refractivity contribution in [3.8, 4) is 5.75 Å². The number of hydrogen-bond donors (Lipinski definition) is 11. The van der Waals surface area contributed by atoms with Gasteiger partial charge in [0.05, 0.1) is 25.4 Å². The predicted octanol–water partition coefficient (Wildman–Crippen LogP) is -4.16. The van der Waals surface area contributed by atoms with Gasteiger partial charge in [-0.1, -0.05) is 26.0 Å². The summed E-state index contributed by atoms with van der Waals surface area (Å²) in [5.41, 5.74) is 11.4. The van der Waals surface area contributed by atoms with E-state index in [9.17, 15) is 43.5 Å². The van der Waals surface area contributed by atoms with Gasteiger partial charge in [-0.25, -0.2) is 0 Å². The second-order valence-corrected chi connectivity index (χ2v) is 11.5. The number of primary amides is 1. The number of benzene rings is 1. The molecule has 0 unspecified atom stereocenters. The fourth-order valence-electron chi connectivity index (χ4n) is 4.16. The number of carbonyl (C=O) groups excluding carboxylic acids is 7. The van der Waals surface area contributed by atoms with Gasteiger partial charge in [-0.2, -0.15) is 0 Å². The Morgan fingerprint density at radius 3 is 1.90 bits per heavy atom. The first-order valence-electron chi connectivity index (χ1n) is 15.3. The van der Waals surface area contributed by atoms with Gasteiger partial charge in [0.15, 0.2) is 0 Å². The number of aliphatic carboxylic acids is 1. The van der Waals surface area contributed by atoms with Crippen LogP contribution in [-0.4, -0.2) is 113 Å². The van der Waals surface area contributed by atoms with Crippen molar-refractivity contribution in [2.75, 3.05) is 19.7 Å². The average Bonchev–Trinajstić information content (AvgIpc) is 3.01. The third kappa shape index (κ3) is 15.9. The smallest absolute Gasteiger partial charge is 0.305 e. The van der Waals surface area contributed by atoms with Crippen LogP contribution < -0.4 is 43.4 Å². The van der Waals surface area contributed by atoms with Gasteiger partial charge in [0.2, 0.25) is 41.4 Å². The molecule has 0 fully saturated rings. The number of amides is 7. The number of phenols is 1. The molecule has 0 aromatic heterocycles. The highest BCUT2D eigenvalue weighted by Gasteiger charge is 2.32. The van der Waals surface area contributed by atoms with Crippen molar-refractivity contribution in [2.45, 2.75) is 76.7 Å². The molecule has 19 heteroatoms. The lowest BCUT2D eigenvalue weighted by Gasteiger charge is -2.26. The van der Waals surface area contributed by atoms with E-state index in [1.54, 1.807) is 13.8 Å². The monoisotopic (exact) mass is 694 g/mol. The van der Waals surface area contributed by atoms with E-state index < -0.39 is 96.3 Å². The van der Waals surface area contributed by atoms with Crippen molar-refractivity contribution < 1.29 is 53.7 Å². The summed E-state index contributed by atoms with van der Waals surface area (Å²) >= 11 is 0. The van der Waals surface area contributed by atoms with Gasteiger partial charge >= 0.3 is 5.97 Å². The van der Waals surface area contributed by atoms with Crippen molar-refractivity contribution in [3.63, 3.8) is 0 Å². The second-order valence-electron chi connectivity index (χ2n) is 11.5. The number of phenolic OH excluding ortho intramolecular Hbond substituents is 1. The Kier molecular flexibility index (Phi) is 17.7. The molecule has 0 aliphatic carbocycles. The van der Waals surface area contributed by atoms with Gasteiger partial charge < -0.3 is 58.7 Å². The fraction of sp³-hybridized carbons (Fsp3) is 0.533. The van der Waals surface area contributed by atoms with Crippen LogP contribution >= 0.6 is 0 Å². The standard InChI is InChI=1S/C30H46N8O11/c1-15(2)25(30(49)34-14-23(42)33-9-4-10-39)38-26(45)16(3)35-28(47)21(13-22(32)41)37-29(48)20(11-17-5-7-18(40)8-6-17)36-27(46)19(31)12-24(43)44/h5-8,15-16,19-21,25,39-40H,4,9-14,31H2,1-3H3,(H2,32,41)(H,33,42)(H,34,49)(H,35,47)(H,36,46)(H,37,48)(H,38,45)(H,43,44)/t16-,19-,20-,21-,25-/m0/s1. The molecule has 1 rings (SSSR count). The van der Waals surface area contributed by atoms with E-state index in [-0.39, 0.29) is 31.9 Å². The maximum Gasteiger partial charge on any atom is 0.305 e. The molecule has 0 heterocycles. The van der Waals surface area contributed by atoms with Gasteiger partial charge in [0.25, 0.3) is 0 Å². The lowest BCUT2D eigenvalue weighted by atomic mass is 10.0. The van der Waals surface area contributed by atoms with Crippen molar-refractivity contribution in [1.29, 1.82) is 0 Å². The van der Waals surface area contributed by atoms with E-state index in [1.807, 2.05) is 0 Å². The maximum absolute atomic E-state index is 13.4. The number of carboxylic acid groups (broad SMARTS) is 1. The lowest BCUT2D eigenvalue weighted by molar-refractivity contribution is -0.140. The molecule has 13 N–H and O–H groups in total. The maximum atomic E-state index is 13.4. The van der Waals surface area contributed by atoms with E-state index in [2.05, 4.69) is 31.9 Å². The number of aliphatic hydroxyl groups excluding tert-OH is 1. The van der Waals surface area contributed by atoms with Crippen LogP contribution in [0.2, 0.25) is 0 Å². The average molecular weight is 695 g/mol. The van der Waals surface area contributed by atoms with E-state index in [0.717, 1.165) is 0 Å². The third-order valence-electron chi connectivity index (χ3n) is 6.86. The third-order valence-corrected chi connectivity index (χ3v) is 6.86. The zero-order valence-electron chi connectivity index (χ0n) is 27.5. The molecule has 0 aliphatic heterocycles. The van der Waals surface area contributed by atoms with E-state index in [4.69, 9.17) is 21.7 Å². The quantitative estimate of drug-likeness (QED) is 0.0547. The molecule has 0 bridgehead atoms. The summed E-state index contributed by atoms with van der Waals surface area (Å²) in [5.74, 6) is -7.89. The molecule has 5 atom stereocenters. The summed E-state index contributed by atoms with van der Waals surface area (Å²) in [7, 11) is 0. The molecule has 0 radical (unpaired) electrons. The number of aromatic hydroxyl groups is 1. The number of aliphatic hydroxyl groups is 1. The van der Waals surface area contributed by atoms with Gasteiger partial charge in [-0.3, -0.25) is 38.4 Å². The minimum Gasteiger partial charge on any atom is -0.508 e. The number of rotatable bonds is 21. The summed E-state index contributed by atoms with van der Waals surface area (Å²) in [6, 6.07) is -1.48. The Morgan fingerprint density at radius 2 is 1.35 bits per heavy atom. The molecule has 0 saturated carbocycles. The van der Waals surface area contributed by atoms with Gasteiger partial charge in [0, 0.05) is 19.6 Å². The largest absolute Gasteiger partial charge is 0.508 e. The van der Waals surface area contributed by atoms with Gasteiger partial charge in [-0.15, -0.1) is 0 Å². The molecule has 0 aliphatic rings. The van der Waals surface area contributed by atoms with Crippen LogP contribution in [0, 0.1) is 5.92 Å². The van der Waals surface area contributed by atoms with E-state index in [0.29, 0.717) is 12.0 Å². The Hall–Kier alpha value is -5.30. The van der Waals surface area contributed by atoms with Crippen LogP contribution in [0.1, 0.15) is 45.6 Å². The van der Waals surface area contributed by atoms with Crippen LogP contribution in [0.4, 0.5) is 0 Å². The topological polar surface area (TPSA) is 321 Å². The zero-order chi connectivity index (χ0) is 37.3. The Bertz CT molecular complexity index is 1340. The molecule has 49 heavy (non-hydrogen) atoms. The zero-order valence-corrected chi connectivity index (χ0v) is 27.5. The molecule has 7 amide bonds. The molecule has 272 valence electrons. The Labute approximate surface area is 282 Å². The molecule has 0 spiro atoms. The lowest BCUT2D eigenvalue weighted by Crippen LogP contribution is -2.59. The molecular formula is C30H46N8O11. The molecule has 1 aromatic rings. The van der Waals surface area contributed by atoms with Crippen LogP contribution in [0.5, 0.6) is 5.75 Å². The Balaban J connectivity index is 3.03. The number of nitrogens with two attached hydrogens (primary N) is 2. The SMILES string of the molecule is CC(C)[C@H](NC(=O)[C@H](C)NC(=O)[C@H](CC(N)=O)NC(=O)[C@H](Cc1ccc(O)cc1)NC(=O)[C@@H](N)CC(=O)O)C(=O)NCC(=O)NCCCO. The van der Waals surface area contributed by atoms with E-state index in [1.165, 1.54) is 31.2 Å². The highest BCUT2D eigenvalue weighted by molar-refractivity contribution is 5.98. The molecular weight excluding hydrogens is 648 g/mol. The predicted molar refractivity (Wildman–Crippen MR) is 172 cm³/mol.